The van der Waals surface area contributed by atoms with Gasteiger partial charge >= 0.3 is 0 Å². The first kappa shape index (κ1) is 21.9. The number of fused-ring (bicyclic) bond motifs is 1. The minimum atomic E-state index is -0.297. The molecular formula is C24H21N3O3S2. The highest BCUT2D eigenvalue weighted by molar-refractivity contribution is 7.99. The average Bonchev–Trinajstić information content (AvgIpc) is 3.24. The van der Waals surface area contributed by atoms with Crippen molar-refractivity contribution in [2.75, 3.05) is 18.2 Å². The minimum Gasteiger partial charge on any atom is -0.497 e. The van der Waals surface area contributed by atoms with Crippen molar-refractivity contribution in [1.29, 1.82) is 0 Å². The van der Waals surface area contributed by atoms with Crippen molar-refractivity contribution < 1.29 is 9.53 Å². The first-order valence-electron chi connectivity index (χ1n) is 9.96. The van der Waals surface area contributed by atoms with E-state index in [1.807, 2.05) is 42.6 Å². The monoisotopic (exact) mass is 463 g/mol. The van der Waals surface area contributed by atoms with E-state index >= 15 is 0 Å². The van der Waals surface area contributed by atoms with Gasteiger partial charge in [-0.1, -0.05) is 37.3 Å². The molecule has 0 aliphatic carbocycles. The maximum absolute atomic E-state index is 13.4. The highest BCUT2D eigenvalue weighted by Gasteiger charge is 2.18. The number of anilines is 1. The van der Waals surface area contributed by atoms with Gasteiger partial charge in [-0.25, -0.2) is 0 Å². The molecule has 0 saturated heterocycles. The second-order valence-electron chi connectivity index (χ2n) is 6.74. The normalized spacial score (nSPS) is 11.2. The molecule has 4 aromatic rings. The first-order chi connectivity index (χ1) is 15.6. The van der Waals surface area contributed by atoms with Crippen LogP contribution in [0.5, 0.6) is 5.75 Å². The molecule has 2 heterocycles. The van der Waals surface area contributed by atoms with E-state index in [9.17, 15) is 9.59 Å². The molecule has 1 N–H and O–H groups in total. The molecule has 0 spiro atoms. The fourth-order valence-electron chi connectivity index (χ4n) is 3.15. The number of hydrogen-bond donors (Lipinski definition) is 1. The van der Waals surface area contributed by atoms with Gasteiger partial charge in [-0.05, 0) is 41.7 Å². The highest BCUT2D eigenvalue weighted by atomic mass is 32.2. The number of nitrogens with one attached hydrogen (secondary N) is 1. The van der Waals surface area contributed by atoms with Crippen molar-refractivity contribution in [3.8, 4) is 11.4 Å². The number of hydrogen-bond acceptors (Lipinski definition) is 6. The molecule has 4 rings (SSSR count). The predicted octanol–water partition coefficient (Wildman–Crippen LogP) is 5.22. The zero-order chi connectivity index (χ0) is 22.5. The number of carbonyl (C=O) groups is 1. The molecule has 0 radical (unpaired) electrons. The fourth-order valence-corrected chi connectivity index (χ4v) is 4.89. The van der Waals surface area contributed by atoms with Gasteiger partial charge in [0.15, 0.2) is 0 Å². The summed E-state index contributed by atoms with van der Waals surface area (Å²) in [6, 6.07) is 16.7. The van der Waals surface area contributed by atoms with E-state index < -0.39 is 0 Å². The van der Waals surface area contributed by atoms with Crippen LogP contribution in [0.3, 0.4) is 0 Å². The lowest BCUT2D eigenvalue weighted by molar-refractivity contribution is -0.111. The van der Waals surface area contributed by atoms with E-state index in [4.69, 9.17) is 4.74 Å². The van der Waals surface area contributed by atoms with E-state index in [2.05, 4.69) is 10.4 Å². The molecular weight excluding hydrogens is 442 g/mol. The van der Waals surface area contributed by atoms with Crippen LogP contribution in [0.15, 0.2) is 75.9 Å². The smallest absolute Gasteiger partial charge is 0.282 e. The standard InChI is InChI=1S/C24H21N3O3S2/c1-3-31-22-19-15-32-23(25-20(28)14-9-16-7-5-4-6-8-16)21(19)24(29)27(26-22)17-10-12-18(30-2)13-11-17/h4-15H,3H2,1-2H3,(H,25,28)/b14-9-. The minimum absolute atomic E-state index is 0.283. The number of benzene rings is 2. The lowest BCUT2D eigenvalue weighted by atomic mass is 10.2. The number of nitrogens with zero attached hydrogens (tertiary/aromatic N) is 2. The summed E-state index contributed by atoms with van der Waals surface area (Å²) in [5.74, 6) is 1.20. The molecule has 32 heavy (non-hydrogen) atoms. The van der Waals surface area contributed by atoms with Gasteiger partial charge in [0.05, 0.1) is 18.2 Å². The van der Waals surface area contributed by atoms with Gasteiger partial charge in [0, 0.05) is 16.8 Å². The number of aromatic nitrogens is 2. The van der Waals surface area contributed by atoms with Crippen molar-refractivity contribution in [2.24, 2.45) is 0 Å². The van der Waals surface area contributed by atoms with E-state index in [1.165, 1.54) is 22.1 Å². The van der Waals surface area contributed by atoms with Crippen molar-refractivity contribution in [3.05, 3.63) is 82.0 Å². The molecule has 0 atom stereocenters. The number of carbonyl (C=O) groups excluding carboxylic acids is 1. The van der Waals surface area contributed by atoms with Crippen LogP contribution in [0.2, 0.25) is 0 Å². The van der Waals surface area contributed by atoms with Crippen molar-refractivity contribution in [2.45, 2.75) is 11.9 Å². The summed E-state index contributed by atoms with van der Waals surface area (Å²) in [5.41, 5.74) is 1.27. The van der Waals surface area contributed by atoms with Gasteiger partial charge in [-0.3, -0.25) is 9.59 Å². The summed E-state index contributed by atoms with van der Waals surface area (Å²) < 4.78 is 6.59. The number of methoxy groups -OCH3 is 1. The Kier molecular flexibility index (Phi) is 6.72. The van der Waals surface area contributed by atoms with Crippen LogP contribution in [-0.4, -0.2) is 28.6 Å². The van der Waals surface area contributed by atoms with Crippen LogP contribution in [0.4, 0.5) is 5.00 Å². The Morgan fingerprint density at radius 1 is 1.19 bits per heavy atom. The van der Waals surface area contributed by atoms with E-state index in [0.29, 0.717) is 21.8 Å². The summed E-state index contributed by atoms with van der Waals surface area (Å²) in [6.07, 6.45) is 3.20. The summed E-state index contributed by atoms with van der Waals surface area (Å²) in [4.78, 5) is 25.9. The number of thioether (sulfide) groups is 1. The zero-order valence-corrected chi connectivity index (χ0v) is 19.2. The Balaban J connectivity index is 1.73. The molecule has 1 amide bonds. The number of ether oxygens (including phenoxy) is 1. The Morgan fingerprint density at radius 2 is 1.94 bits per heavy atom. The number of rotatable bonds is 7. The first-order valence-corrected chi connectivity index (χ1v) is 11.8. The second kappa shape index (κ2) is 9.84. The summed E-state index contributed by atoms with van der Waals surface area (Å²) in [7, 11) is 1.59. The van der Waals surface area contributed by atoms with Crippen molar-refractivity contribution >= 4 is 50.9 Å². The fraction of sp³-hybridized carbons (Fsp3) is 0.125. The molecule has 0 bridgehead atoms. The van der Waals surface area contributed by atoms with Crippen LogP contribution in [-0.2, 0) is 4.79 Å². The van der Waals surface area contributed by atoms with Gasteiger partial charge < -0.3 is 10.1 Å². The van der Waals surface area contributed by atoms with E-state index in [-0.39, 0.29) is 11.5 Å². The van der Waals surface area contributed by atoms with Crippen LogP contribution in [0, 0.1) is 0 Å². The number of thiophene rings is 1. The molecule has 6 nitrogen and oxygen atoms in total. The summed E-state index contributed by atoms with van der Waals surface area (Å²) >= 11 is 2.88. The van der Waals surface area contributed by atoms with Crippen molar-refractivity contribution in [3.63, 3.8) is 0 Å². The molecule has 0 aliphatic rings. The van der Waals surface area contributed by atoms with Crippen LogP contribution in [0.25, 0.3) is 22.5 Å². The average molecular weight is 464 g/mol. The molecule has 0 unspecified atom stereocenters. The maximum Gasteiger partial charge on any atom is 0.282 e. The lowest BCUT2D eigenvalue weighted by Gasteiger charge is -2.10. The predicted molar refractivity (Wildman–Crippen MR) is 132 cm³/mol. The van der Waals surface area contributed by atoms with Crippen molar-refractivity contribution in [1.82, 2.24) is 9.78 Å². The zero-order valence-electron chi connectivity index (χ0n) is 17.6. The number of amides is 1. The van der Waals surface area contributed by atoms with E-state index in [0.717, 1.165) is 21.7 Å². The SMILES string of the molecule is CCSc1nn(-c2ccc(OC)cc2)c(=O)c2c(NC(=O)/C=C\c3ccccc3)scc12. The molecule has 0 saturated carbocycles. The van der Waals surface area contributed by atoms with E-state index in [1.54, 1.807) is 49.2 Å². The summed E-state index contributed by atoms with van der Waals surface area (Å²) in [6.45, 7) is 2.03. The Morgan fingerprint density at radius 3 is 2.62 bits per heavy atom. The van der Waals surface area contributed by atoms with Crippen LogP contribution in [0.1, 0.15) is 12.5 Å². The highest BCUT2D eigenvalue weighted by Crippen LogP contribution is 2.34. The second-order valence-corrected chi connectivity index (χ2v) is 8.87. The van der Waals surface area contributed by atoms with Gasteiger partial charge in [-0.15, -0.1) is 23.1 Å². The third kappa shape index (κ3) is 4.61. The Hall–Kier alpha value is -3.36. The topological polar surface area (TPSA) is 73.2 Å². The third-order valence-corrected chi connectivity index (χ3v) is 6.44. The lowest BCUT2D eigenvalue weighted by Crippen LogP contribution is -2.22. The molecule has 0 fully saturated rings. The molecule has 0 aliphatic heterocycles. The van der Waals surface area contributed by atoms with Gasteiger partial charge in [0.25, 0.3) is 5.56 Å². The van der Waals surface area contributed by atoms with Gasteiger partial charge in [0.2, 0.25) is 5.91 Å². The Labute approximate surface area is 193 Å². The maximum atomic E-state index is 13.4. The summed E-state index contributed by atoms with van der Waals surface area (Å²) in [5, 5.41) is 11.8. The van der Waals surface area contributed by atoms with Gasteiger partial charge in [0.1, 0.15) is 15.8 Å². The molecule has 8 heteroatoms. The quantitative estimate of drug-likeness (QED) is 0.300. The molecule has 162 valence electrons. The molecule has 2 aromatic heterocycles. The Bertz CT molecular complexity index is 1330. The largest absolute Gasteiger partial charge is 0.497 e. The third-order valence-electron chi connectivity index (χ3n) is 4.68. The molecule has 2 aromatic carbocycles. The van der Waals surface area contributed by atoms with Crippen LogP contribution >= 0.6 is 23.1 Å². The van der Waals surface area contributed by atoms with Gasteiger partial charge in [-0.2, -0.15) is 9.78 Å². The van der Waals surface area contributed by atoms with Crippen LogP contribution < -0.4 is 15.6 Å².